The zero-order valence-electron chi connectivity index (χ0n) is 10.8. The molecule has 0 aliphatic heterocycles. The minimum absolute atomic E-state index is 0.102. The molecule has 1 aromatic heterocycles. The third-order valence-corrected chi connectivity index (χ3v) is 4.53. The van der Waals surface area contributed by atoms with Crippen molar-refractivity contribution in [1.29, 1.82) is 0 Å². The van der Waals surface area contributed by atoms with E-state index in [1.807, 2.05) is 11.8 Å². The molecule has 0 spiro atoms. The largest absolute Gasteiger partial charge is 0.362 e. The van der Waals surface area contributed by atoms with Gasteiger partial charge < -0.3 is 5.32 Å². The van der Waals surface area contributed by atoms with E-state index < -0.39 is 0 Å². The van der Waals surface area contributed by atoms with Gasteiger partial charge in [-0.3, -0.25) is 10.1 Å². The predicted octanol–water partition coefficient (Wildman–Crippen LogP) is 2.33. The van der Waals surface area contributed by atoms with Crippen LogP contribution in [0, 0.1) is 17.0 Å². The van der Waals surface area contributed by atoms with E-state index in [-0.39, 0.29) is 10.6 Å². The van der Waals surface area contributed by atoms with E-state index in [1.54, 1.807) is 18.7 Å². The van der Waals surface area contributed by atoms with Crippen LogP contribution >= 0.6 is 11.8 Å². The first-order valence-corrected chi connectivity index (χ1v) is 7.29. The molecule has 6 nitrogen and oxygen atoms in total. The zero-order chi connectivity index (χ0) is 13.3. The Labute approximate surface area is 110 Å². The molecule has 0 radical (unpaired) electrons. The zero-order valence-corrected chi connectivity index (χ0v) is 11.7. The van der Waals surface area contributed by atoms with Crippen LogP contribution in [0.3, 0.4) is 0 Å². The third kappa shape index (κ3) is 2.45. The van der Waals surface area contributed by atoms with Crippen molar-refractivity contribution in [2.75, 3.05) is 11.6 Å². The summed E-state index contributed by atoms with van der Waals surface area (Å²) >= 11 is 1.87. The predicted molar refractivity (Wildman–Crippen MR) is 73.2 cm³/mol. The lowest BCUT2D eigenvalue weighted by Crippen LogP contribution is -2.18. The van der Waals surface area contributed by atoms with Crippen molar-refractivity contribution in [2.45, 2.75) is 37.5 Å². The van der Waals surface area contributed by atoms with Crippen LogP contribution in [-0.2, 0) is 7.05 Å². The van der Waals surface area contributed by atoms with Crippen molar-refractivity contribution in [2.24, 2.45) is 7.05 Å². The Morgan fingerprint density at radius 3 is 2.83 bits per heavy atom. The molecule has 100 valence electrons. The number of hydrogen-bond donors (Lipinski definition) is 1. The maximum Gasteiger partial charge on any atom is 0.333 e. The molecule has 1 fully saturated rings. The number of anilines is 1. The van der Waals surface area contributed by atoms with E-state index in [9.17, 15) is 10.1 Å². The van der Waals surface area contributed by atoms with Crippen LogP contribution in [0.2, 0.25) is 0 Å². The number of nitro groups is 1. The number of thioether (sulfide) groups is 1. The SMILES string of the molecule is CSC1CCC(Nc2c([N+](=O)[O-])c(C)nn2C)C1. The van der Waals surface area contributed by atoms with E-state index in [0.29, 0.717) is 22.8 Å². The standard InChI is InChI=1S/C11H18N4O2S/c1-7-10(15(16)17)11(14(2)13-7)12-8-4-5-9(6-8)18-3/h8-9,12H,4-6H2,1-3H3. The summed E-state index contributed by atoms with van der Waals surface area (Å²) in [5.41, 5.74) is 0.564. The molecule has 1 aromatic rings. The van der Waals surface area contributed by atoms with E-state index in [4.69, 9.17) is 0 Å². The maximum atomic E-state index is 11.1. The number of hydrogen-bond acceptors (Lipinski definition) is 5. The summed E-state index contributed by atoms with van der Waals surface area (Å²) in [7, 11) is 1.74. The van der Waals surface area contributed by atoms with Crippen molar-refractivity contribution < 1.29 is 4.92 Å². The van der Waals surface area contributed by atoms with Gasteiger partial charge in [0.2, 0.25) is 5.82 Å². The molecule has 1 heterocycles. The minimum Gasteiger partial charge on any atom is -0.362 e. The Morgan fingerprint density at radius 2 is 2.28 bits per heavy atom. The molecule has 18 heavy (non-hydrogen) atoms. The fraction of sp³-hybridized carbons (Fsp3) is 0.727. The topological polar surface area (TPSA) is 73.0 Å². The van der Waals surface area contributed by atoms with Crippen molar-refractivity contribution in [3.05, 3.63) is 15.8 Å². The summed E-state index contributed by atoms with van der Waals surface area (Å²) in [6, 6.07) is 0.316. The monoisotopic (exact) mass is 270 g/mol. The molecule has 0 bridgehead atoms. The summed E-state index contributed by atoms with van der Waals surface area (Å²) in [6.07, 6.45) is 5.41. The van der Waals surface area contributed by atoms with Crippen molar-refractivity contribution in [1.82, 2.24) is 9.78 Å². The molecular formula is C11H18N4O2S. The molecule has 0 saturated heterocycles. The van der Waals surface area contributed by atoms with Crippen LogP contribution in [-0.4, -0.2) is 32.3 Å². The van der Waals surface area contributed by atoms with Crippen LogP contribution in [0.25, 0.3) is 0 Å². The molecule has 1 N–H and O–H groups in total. The lowest BCUT2D eigenvalue weighted by atomic mass is 10.2. The van der Waals surface area contributed by atoms with Gasteiger partial charge in [-0.05, 0) is 32.4 Å². The summed E-state index contributed by atoms with van der Waals surface area (Å²) in [4.78, 5) is 10.7. The van der Waals surface area contributed by atoms with Crippen LogP contribution in [0.1, 0.15) is 25.0 Å². The van der Waals surface area contributed by atoms with E-state index >= 15 is 0 Å². The van der Waals surface area contributed by atoms with Crippen molar-refractivity contribution >= 4 is 23.3 Å². The van der Waals surface area contributed by atoms with Gasteiger partial charge in [-0.1, -0.05) is 0 Å². The molecule has 1 saturated carbocycles. The Hall–Kier alpha value is -1.24. The average Bonchev–Trinajstić information content (AvgIpc) is 2.85. The first kappa shape index (κ1) is 13.2. The van der Waals surface area contributed by atoms with Crippen molar-refractivity contribution in [3.63, 3.8) is 0 Å². The van der Waals surface area contributed by atoms with Gasteiger partial charge >= 0.3 is 5.69 Å². The third-order valence-electron chi connectivity index (χ3n) is 3.43. The molecular weight excluding hydrogens is 252 g/mol. The van der Waals surface area contributed by atoms with E-state index in [0.717, 1.165) is 12.8 Å². The van der Waals surface area contributed by atoms with E-state index in [1.165, 1.54) is 6.42 Å². The van der Waals surface area contributed by atoms with Crippen LogP contribution in [0.15, 0.2) is 0 Å². The normalized spacial score (nSPS) is 23.3. The van der Waals surface area contributed by atoms with Gasteiger partial charge in [0.05, 0.1) is 4.92 Å². The van der Waals surface area contributed by atoms with Gasteiger partial charge in [-0.2, -0.15) is 16.9 Å². The number of rotatable bonds is 4. The molecule has 2 atom stereocenters. The molecule has 0 aromatic carbocycles. The van der Waals surface area contributed by atoms with Gasteiger partial charge in [0.25, 0.3) is 0 Å². The average molecular weight is 270 g/mol. The summed E-state index contributed by atoms with van der Waals surface area (Å²) in [5.74, 6) is 0.532. The van der Waals surface area contributed by atoms with Gasteiger partial charge in [0, 0.05) is 18.3 Å². The maximum absolute atomic E-state index is 11.1. The minimum atomic E-state index is -0.355. The lowest BCUT2D eigenvalue weighted by molar-refractivity contribution is -0.384. The number of aryl methyl sites for hydroxylation is 2. The summed E-state index contributed by atoms with van der Waals surface area (Å²) < 4.78 is 1.57. The highest BCUT2D eigenvalue weighted by molar-refractivity contribution is 7.99. The Kier molecular flexibility index (Phi) is 3.79. The highest BCUT2D eigenvalue weighted by Gasteiger charge is 2.29. The van der Waals surface area contributed by atoms with Gasteiger partial charge in [0.15, 0.2) is 0 Å². The molecule has 1 aliphatic rings. The van der Waals surface area contributed by atoms with Gasteiger partial charge in [0.1, 0.15) is 5.69 Å². The van der Waals surface area contributed by atoms with Crippen molar-refractivity contribution in [3.8, 4) is 0 Å². The second-order valence-electron chi connectivity index (χ2n) is 4.68. The first-order chi connectivity index (χ1) is 8.52. The van der Waals surface area contributed by atoms with E-state index in [2.05, 4.69) is 16.7 Å². The molecule has 1 aliphatic carbocycles. The second-order valence-corrected chi connectivity index (χ2v) is 5.81. The second kappa shape index (κ2) is 5.17. The highest BCUT2D eigenvalue weighted by atomic mass is 32.2. The van der Waals surface area contributed by atoms with Gasteiger partial charge in [-0.15, -0.1) is 0 Å². The smallest absolute Gasteiger partial charge is 0.333 e. The summed E-state index contributed by atoms with van der Waals surface area (Å²) in [6.45, 7) is 1.67. The fourth-order valence-electron chi connectivity index (χ4n) is 2.51. The highest BCUT2D eigenvalue weighted by Crippen LogP contribution is 2.33. The molecule has 2 unspecified atom stereocenters. The molecule has 2 rings (SSSR count). The number of nitrogens with zero attached hydrogens (tertiary/aromatic N) is 3. The van der Waals surface area contributed by atoms with Crippen LogP contribution < -0.4 is 5.32 Å². The molecule has 0 amide bonds. The Balaban J connectivity index is 2.17. The first-order valence-electron chi connectivity index (χ1n) is 6.00. The Morgan fingerprint density at radius 1 is 1.56 bits per heavy atom. The lowest BCUT2D eigenvalue weighted by Gasteiger charge is -2.13. The van der Waals surface area contributed by atoms with Crippen LogP contribution in [0.4, 0.5) is 11.5 Å². The molecule has 7 heteroatoms. The number of aromatic nitrogens is 2. The fourth-order valence-corrected chi connectivity index (χ4v) is 3.30. The number of nitrogens with one attached hydrogen (secondary N) is 1. The van der Waals surface area contributed by atoms with Gasteiger partial charge in [-0.25, -0.2) is 4.68 Å². The van der Waals surface area contributed by atoms with Crippen LogP contribution in [0.5, 0.6) is 0 Å². The Bertz CT molecular complexity index is 460. The quantitative estimate of drug-likeness (QED) is 0.671. The summed E-state index contributed by atoms with van der Waals surface area (Å²) in [5, 5.41) is 19.1.